The second-order valence-electron chi connectivity index (χ2n) is 7.66. The van der Waals surface area contributed by atoms with E-state index in [0.717, 1.165) is 22.0 Å². The van der Waals surface area contributed by atoms with Crippen LogP contribution in [0.15, 0.2) is 88.3 Å². The van der Waals surface area contributed by atoms with Gasteiger partial charge in [0.05, 0.1) is 24.7 Å². The van der Waals surface area contributed by atoms with E-state index in [1.54, 1.807) is 11.0 Å². The number of hydrogen-bond acceptors (Lipinski definition) is 6. The number of benzene rings is 2. The summed E-state index contributed by atoms with van der Waals surface area (Å²) in [6, 6.07) is 26.1. The molecule has 0 atom stereocenters. The maximum atomic E-state index is 12.5. The Bertz CT molecular complexity index is 1200. The third-order valence-electron chi connectivity index (χ3n) is 5.46. The van der Waals surface area contributed by atoms with E-state index >= 15 is 0 Å². The molecule has 1 aliphatic rings. The maximum absolute atomic E-state index is 12.5. The Labute approximate surface area is 196 Å². The van der Waals surface area contributed by atoms with Gasteiger partial charge in [-0.1, -0.05) is 66.4 Å². The molecule has 2 aromatic carbocycles. The second kappa shape index (κ2) is 10.0. The minimum absolute atomic E-state index is 0.0861. The molecule has 3 heterocycles. The highest BCUT2D eigenvalue weighted by molar-refractivity contribution is 7.98. The Morgan fingerprint density at radius 2 is 1.55 bits per heavy atom. The van der Waals surface area contributed by atoms with Crippen molar-refractivity contribution in [3.63, 3.8) is 0 Å². The van der Waals surface area contributed by atoms with E-state index in [9.17, 15) is 4.79 Å². The van der Waals surface area contributed by atoms with Gasteiger partial charge >= 0.3 is 0 Å². The van der Waals surface area contributed by atoms with Crippen LogP contribution in [-0.2, 0) is 10.5 Å². The van der Waals surface area contributed by atoms with E-state index < -0.39 is 0 Å². The molecule has 5 rings (SSSR count). The minimum Gasteiger partial charge on any atom is -0.455 e. The summed E-state index contributed by atoms with van der Waals surface area (Å²) in [6.45, 7) is 2.34. The fraction of sp³-hybridized carbons (Fsp3) is 0.192. The van der Waals surface area contributed by atoms with Crippen LogP contribution in [0, 0.1) is 0 Å². The Kier molecular flexibility index (Phi) is 6.51. The van der Waals surface area contributed by atoms with Gasteiger partial charge in [-0.2, -0.15) is 0 Å². The Hall–Kier alpha value is -3.42. The summed E-state index contributed by atoms with van der Waals surface area (Å²) in [5, 5.41) is 9.54. The molecule has 1 aliphatic heterocycles. The molecule has 2 aromatic heterocycles. The van der Waals surface area contributed by atoms with Crippen LogP contribution in [0.5, 0.6) is 0 Å². The standard InChI is InChI=1S/C26H23N3O3S/c30-26(29-14-16-31-17-15-29)24-12-10-22(32-24)18-33-25-13-11-23(27-28-25)21-8-6-20(7-9-21)19-4-2-1-3-5-19/h1-13H,14-18H2. The number of ether oxygens (including phenoxy) is 1. The molecule has 33 heavy (non-hydrogen) atoms. The quantitative estimate of drug-likeness (QED) is 0.372. The highest BCUT2D eigenvalue weighted by atomic mass is 32.2. The van der Waals surface area contributed by atoms with Crippen LogP contribution in [0.2, 0.25) is 0 Å². The van der Waals surface area contributed by atoms with Crippen molar-refractivity contribution in [2.75, 3.05) is 26.3 Å². The topological polar surface area (TPSA) is 68.5 Å². The van der Waals surface area contributed by atoms with E-state index in [1.807, 2.05) is 36.4 Å². The minimum atomic E-state index is -0.0861. The number of thioether (sulfide) groups is 1. The third kappa shape index (κ3) is 5.16. The van der Waals surface area contributed by atoms with Crippen LogP contribution in [0.1, 0.15) is 16.3 Å². The molecule has 0 unspecified atom stereocenters. The molecule has 1 amide bonds. The smallest absolute Gasteiger partial charge is 0.289 e. The lowest BCUT2D eigenvalue weighted by Crippen LogP contribution is -2.40. The Morgan fingerprint density at radius 1 is 0.818 bits per heavy atom. The van der Waals surface area contributed by atoms with Crippen LogP contribution >= 0.6 is 11.8 Å². The summed E-state index contributed by atoms with van der Waals surface area (Å²) in [5.74, 6) is 1.60. The normalized spacial score (nSPS) is 13.8. The molecule has 0 aliphatic carbocycles. The Morgan fingerprint density at radius 3 is 2.27 bits per heavy atom. The first-order valence-corrected chi connectivity index (χ1v) is 11.8. The number of furan rings is 1. The van der Waals surface area contributed by atoms with Crippen molar-refractivity contribution in [2.45, 2.75) is 10.8 Å². The average molecular weight is 458 g/mol. The maximum Gasteiger partial charge on any atom is 0.289 e. The van der Waals surface area contributed by atoms with E-state index in [4.69, 9.17) is 9.15 Å². The van der Waals surface area contributed by atoms with Crippen molar-refractivity contribution in [3.05, 3.63) is 90.4 Å². The number of carbonyl (C=O) groups excluding carboxylic acids is 1. The summed E-state index contributed by atoms with van der Waals surface area (Å²) in [7, 11) is 0. The molecule has 0 bridgehead atoms. The lowest BCUT2D eigenvalue weighted by Gasteiger charge is -2.25. The number of aromatic nitrogens is 2. The molecule has 4 aromatic rings. The molecule has 0 radical (unpaired) electrons. The van der Waals surface area contributed by atoms with Crippen molar-refractivity contribution in [2.24, 2.45) is 0 Å². The summed E-state index contributed by atoms with van der Waals surface area (Å²) in [4.78, 5) is 14.3. The lowest BCUT2D eigenvalue weighted by molar-refractivity contribution is 0.0282. The monoisotopic (exact) mass is 457 g/mol. The van der Waals surface area contributed by atoms with Crippen LogP contribution in [0.3, 0.4) is 0 Å². The van der Waals surface area contributed by atoms with Crippen LogP contribution < -0.4 is 0 Å². The van der Waals surface area contributed by atoms with Gasteiger partial charge in [0.15, 0.2) is 5.76 Å². The zero-order valence-electron chi connectivity index (χ0n) is 18.0. The van der Waals surface area contributed by atoms with Crippen molar-refractivity contribution >= 4 is 17.7 Å². The van der Waals surface area contributed by atoms with Gasteiger partial charge in [0, 0.05) is 18.7 Å². The van der Waals surface area contributed by atoms with Gasteiger partial charge in [-0.3, -0.25) is 4.79 Å². The summed E-state index contributed by atoms with van der Waals surface area (Å²) >= 11 is 1.53. The van der Waals surface area contributed by atoms with E-state index in [-0.39, 0.29) is 5.91 Å². The molecule has 166 valence electrons. The van der Waals surface area contributed by atoms with Crippen LogP contribution in [-0.4, -0.2) is 47.3 Å². The second-order valence-corrected chi connectivity index (χ2v) is 8.66. The average Bonchev–Trinajstić information content (AvgIpc) is 3.38. The van der Waals surface area contributed by atoms with E-state index in [0.29, 0.717) is 37.8 Å². The fourth-order valence-electron chi connectivity index (χ4n) is 3.65. The summed E-state index contributed by atoms with van der Waals surface area (Å²) in [5.41, 5.74) is 4.21. The largest absolute Gasteiger partial charge is 0.455 e. The van der Waals surface area contributed by atoms with Gasteiger partial charge in [0.2, 0.25) is 0 Å². The van der Waals surface area contributed by atoms with Crippen molar-refractivity contribution in [1.29, 1.82) is 0 Å². The Balaban J connectivity index is 1.18. The number of hydrogen-bond donors (Lipinski definition) is 0. The first-order valence-electron chi connectivity index (χ1n) is 10.8. The first kappa shape index (κ1) is 21.4. The van der Waals surface area contributed by atoms with Gasteiger partial charge in [0.25, 0.3) is 5.91 Å². The van der Waals surface area contributed by atoms with Crippen molar-refractivity contribution < 1.29 is 13.9 Å². The fourth-order valence-corrected chi connectivity index (χ4v) is 4.36. The molecular weight excluding hydrogens is 434 g/mol. The molecule has 6 nitrogen and oxygen atoms in total. The molecule has 1 fully saturated rings. The van der Waals surface area contributed by atoms with Crippen LogP contribution in [0.25, 0.3) is 22.4 Å². The predicted octanol–water partition coefficient (Wildman–Crippen LogP) is 5.17. The van der Waals surface area contributed by atoms with Gasteiger partial charge in [0.1, 0.15) is 10.8 Å². The molecular formula is C26H23N3O3S. The van der Waals surface area contributed by atoms with E-state index in [1.165, 1.54) is 22.9 Å². The lowest BCUT2D eigenvalue weighted by atomic mass is 10.0. The molecule has 7 heteroatoms. The summed E-state index contributed by atoms with van der Waals surface area (Å²) < 4.78 is 11.1. The first-order chi connectivity index (χ1) is 16.3. The van der Waals surface area contributed by atoms with E-state index in [2.05, 4.69) is 46.6 Å². The number of nitrogens with zero attached hydrogens (tertiary/aromatic N) is 3. The number of rotatable bonds is 6. The molecule has 0 N–H and O–H groups in total. The van der Waals surface area contributed by atoms with Gasteiger partial charge in [-0.25, -0.2) is 0 Å². The van der Waals surface area contributed by atoms with Gasteiger partial charge in [-0.15, -0.1) is 10.2 Å². The SMILES string of the molecule is O=C(c1ccc(CSc2ccc(-c3ccc(-c4ccccc4)cc3)nn2)o1)N1CCOCC1. The molecule has 1 saturated heterocycles. The van der Waals surface area contributed by atoms with Gasteiger partial charge < -0.3 is 14.1 Å². The van der Waals surface area contributed by atoms with Gasteiger partial charge in [-0.05, 0) is 35.4 Å². The number of carbonyl (C=O) groups is 1. The molecule has 0 spiro atoms. The van der Waals surface area contributed by atoms with Crippen LogP contribution in [0.4, 0.5) is 0 Å². The number of morpholine rings is 1. The number of amides is 1. The molecule has 0 saturated carbocycles. The third-order valence-corrected chi connectivity index (χ3v) is 6.40. The highest BCUT2D eigenvalue weighted by Crippen LogP contribution is 2.26. The predicted molar refractivity (Wildman–Crippen MR) is 128 cm³/mol. The zero-order chi connectivity index (χ0) is 22.5. The van der Waals surface area contributed by atoms with Crippen molar-refractivity contribution in [3.8, 4) is 22.4 Å². The van der Waals surface area contributed by atoms with Crippen molar-refractivity contribution in [1.82, 2.24) is 15.1 Å². The highest BCUT2D eigenvalue weighted by Gasteiger charge is 2.21. The summed E-state index contributed by atoms with van der Waals surface area (Å²) in [6.07, 6.45) is 0. The zero-order valence-corrected chi connectivity index (χ0v) is 18.8.